The Kier molecular flexibility index (Phi) is 6.88. The van der Waals surface area contributed by atoms with Crippen molar-refractivity contribution in [3.05, 3.63) is 19.8 Å². The molecule has 1 aromatic carbocycles. The fourth-order valence-electron chi connectivity index (χ4n) is 3.76. The average molecular weight is 813 g/mol. The van der Waals surface area contributed by atoms with Crippen molar-refractivity contribution in [3.8, 4) is 0 Å². The van der Waals surface area contributed by atoms with Gasteiger partial charge in [-0.15, -0.1) is 0 Å². The molecule has 0 amide bonds. The molecule has 0 heterocycles. The summed E-state index contributed by atoms with van der Waals surface area (Å²) < 4.78 is 43.6. The lowest BCUT2D eigenvalue weighted by molar-refractivity contribution is -0.150. The van der Waals surface area contributed by atoms with E-state index in [1.807, 2.05) is 67.8 Å². The van der Waals surface area contributed by atoms with Gasteiger partial charge in [0.2, 0.25) is 0 Å². The molecule has 2 aliphatic carbocycles. The highest BCUT2D eigenvalue weighted by Gasteiger charge is 2.41. The Morgan fingerprint density at radius 3 is 2.20 bits per heavy atom. The van der Waals surface area contributed by atoms with Gasteiger partial charge >= 0.3 is 5.97 Å². The van der Waals surface area contributed by atoms with Crippen LogP contribution >= 0.6 is 90.4 Å². The summed E-state index contributed by atoms with van der Waals surface area (Å²) in [7, 11) is -4.69. The smallest absolute Gasteiger partial charge is 0.310 e. The molecule has 2 aliphatic rings. The highest BCUT2D eigenvalue weighted by molar-refractivity contribution is 14.1. The average Bonchev–Trinajstić information content (AvgIpc) is 3.12. The predicted octanol–water partition coefficient (Wildman–Crippen LogP) is 4.28. The van der Waals surface area contributed by atoms with Crippen molar-refractivity contribution < 1.29 is 22.5 Å². The van der Waals surface area contributed by atoms with E-state index >= 15 is 0 Å². The van der Waals surface area contributed by atoms with Crippen LogP contribution in [-0.2, 0) is 26.1 Å². The zero-order chi connectivity index (χ0) is 18.5. The van der Waals surface area contributed by atoms with Crippen LogP contribution < -0.4 is 0 Å². The molecule has 3 rings (SSSR count). The zero-order valence-electron chi connectivity index (χ0n) is 12.7. The molecular weight excluding hydrogens is 800 g/mol. The molecule has 2 bridgehead atoms. The van der Waals surface area contributed by atoms with Gasteiger partial charge in [-0.05, 0) is 133 Å². The van der Waals surface area contributed by atoms with Crippen LogP contribution in [0.5, 0.6) is 0 Å². The van der Waals surface area contributed by atoms with Crippen LogP contribution in [0.1, 0.15) is 31.2 Å². The van der Waals surface area contributed by atoms with Gasteiger partial charge in [0.1, 0.15) is 16.2 Å². The largest absolute Gasteiger partial charge is 0.744 e. The normalized spacial score (nSPS) is 25.4. The van der Waals surface area contributed by atoms with Gasteiger partial charge in [0, 0.05) is 14.3 Å². The van der Waals surface area contributed by atoms with Crippen LogP contribution in [0.15, 0.2) is 4.90 Å². The molecular formula is C15H13I4O5S-. The van der Waals surface area contributed by atoms with Crippen LogP contribution in [-0.4, -0.2) is 25.0 Å². The molecule has 0 N–H and O–H groups in total. The third-order valence-electron chi connectivity index (χ3n) is 4.84. The molecule has 0 aromatic heterocycles. The SMILES string of the molecule is O=C(Cc1c(I)c(I)c(I)c(I)c1S(=O)(=O)[O-])OC1CC2CCC1C2. The maximum absolute atomic E-state index is 12.5. The van der Waals surface area contributed by atoms with Crippen LogP contribution in [0.3, 0.4) is 0 Å². The first kappa shape index (κ1) is 21.2. The number of halogens is 4. The quantitative estimate of drug-likeness (QED) is 0.149. The van der Waals surface area contributed by atoms with Crippen molar-refractivity contribution in [2.75, 3.05) is 0 Å². The fourth-order valence-corrected chi connectivity index (χ4v) is 9.23. The fraction of sp³-hybridized carbons (Fsp3) is 0.533. The van der Waals surface area contributed by atoms with E-state index in [4.69, 9.17) is 4.74 Å². The second-order valence-corrected chi connectivity index (χ2v) is 12.0. The molecule has 0 radical (unpaired) electrons. The van der Waals surface area contributed by atoms with Gasteiger partial charge in [0.15, 0.2) is 0 Å². The number of carbonyl (C=O) groups is 1. The van der Waals surface area contributed by atoms with Crippen LogP contribution in [0.25, 0.3) is 0 Å². The lowest BCUT2D eigenvalue weighted by atomic mass is 9.98. The van der Waals surface area contributed by atoms with E-state index in [2.05, 4.69) is 22.6 Å². The first-order chi connectivity index (χ1) is 11.6. The van der Waals surface area contributed by atoms with E-state index in [0.717, 1.165) is 22.8 Å². The Bertz CT molecular complexity index is 839. The van der Waals surface area contributed by atoms with Crippen molar-refractivity contribution in [2.45, 2.75) is 43.1 Å². The highest BCUT2D eigenvalue weighted by Crippen LogP contribution is 2.46. The van der Waals surface area contributed by atoms with E-state index in [0.29, 0.717) is 22.5 Å². The highest BCUT2D eigenvalue weighted by atomic mass is 127. The van der Waals surface area contributed by atoms with Crippen LogP contribution in [0.4, 0.5) is 0 Å². The molecule has 0 saturated heterocycles. The van der Waals surface area contributed by atoms with E-state index < -0.39 is 16.1 Å². The number of ether oxygens (including phenoxy) is 1. The van der Waals surface area contributed by atoms with Crippen molar-refractivity contribution in [2.24, 2.45) is 11.8 Å². The monoisotopic (exact) mass is 813 g/mol. The van der Waals surface area contributed by atoms with Crippen LogP contribution in [0, 0.1) is 26.1 Å². The van der Waals surface area contributed by atoms with Gasteiger partial charge in [-0.25, -0.2) is 8.42 Å². The molecule has 3 atom stereocenters. The maximum atomic E-state index is 12.5. The van der Waals surface area contributed by atoms with Gasteiger partial charge in [-0.1, -0.05) is 0 Å². The molecule has 2 fully saturated rings. The number of carbonyl (C=O) groups excluding carboxylic acids is 1. The van der Waals surface area contributed by atoms with Gasteiger partial charge in [-0.2, -0.15) is 0 Å². The van der Waals surface area contributed by atoms with Gasteiger partial charge < -0.3 is 9.29 Å². The molecule has 0 spiro atoms. The summed E-state index contributed by atoms with van der Waals surface area (Å²) in [5.41, 5.74) is 0.262. The number of rotatable bonds is 4. The second-order valence-electron chi connectivity index (χ2n) is 6.40. The topological polar surface area (TPSA) is 83.5 Å². The molecule has 10 heteroatoms. The minimum absolute atomic E-state index is 0.0572. The Labute approximate surface area is 201 Å². The molecule has 25 heavy (non-hydrogen) atoms. The summed E-state index contributed by atoms with van der Waals surface area (Å²) in [4.78, 5) is 12.2. The molecule has 0 aliphatic heterocycles. The summed E-state index contributed by atoms with van der Waals surface area (Å²) in [5.74, 6) is 0.640. The van der Waals surface area contributed by atoms with Crippen molar-refractivity contribution in [3.63, 3.8) is 0 Å². The van der Waals surface area contributed by atoms with E-state index in [-0.39, 0.29) is 23.0 Å². The van der Waals surface area contributed by atoms with Crippen molar-refractivity contribution in [1.29, 1.82) is 0 Å². The number of fused-ring (bicyclic) bond motifs is 2. The predicted molar refractivity (Wildman–Crippen MR) is 124 cm³/mol. The summed E-state index contributed by atoms with van der Waals surface area (Å²) >= 11 is 8.00. The summed E-state index contributed by atoms with van der Waals surface area (Å²) in [6.45, 7) is 0. The van der Waals surface area contributed by atoms with Crippen molar-refractivity contribution in [1.82, 2.24) is 0 Å². The summed E-state index contributed by atoms with van der Waals surface area (Å²) in [5, 5.41) is 0. The number of benzene rings is 1. The molecule has 1 aromatic rings. The first-order valence-corrected chi connectivity index (χ1v) is 13.3. The van der Waals surface area contributed by atoms with E-state index in [1.54, 1.807) is 0 Å². The van der Waals surface area contributed by atoms with Gasteiger partial charge in [0.05, 0.1) is 11.3 Å². The Hall–Kier alpha value is 1.52. The molecule has 138 valence electrons. The van der Waals surface area contributed by atoms with Gasteiger partial charge in [0.25, 0.3) is 0 Å². The molecule has 5 nitrogen and oxygen atoms in total. The Morgan fingerprint density at radius 2 is 1.68 bits per heavy atom. The minimum atomic E-state index is -4.69. The summed E-state index contributed by atoms with van der Waals surface area (Å²) in [6.07, 6.45) is 4.09. The zero-order valence-corrected chi connectivity index (χ0v) is 22.2. The number of hydrogen-bond acceptors (Lipinski definition) is 5. The van der Waals surface area contributed by atoms with Crippen LogP contribution in [0.2, 0.25) is 0 Å². The third kappa shape index (κ3) is 4.42. The Morgan fingerprint density at radius 1 is 1.04 bits per heavy atom. The van der Waals surface area contributed by atoms with E-state index in [9.17, 15) is 17.8 Å². The van der Waals surface area contributed by atoms with Gasteiger partial charge in [-0.3, -0.25) is 4.79 Å². The number of hydrogen-bond donors (Lipinski definition) is 0. The maximum Gasteiger partial charge on any atom is 0.310 e. The molecule has 2 saturated carbocycles. The lowest BCUT2D eigenvalue weighted by Gasteiger charge is -2.23. The second kappa shape index (κ2) is 8.10. The lowest BCUT2D eigenvalue weighted by Crippen LogP contribution is -2.26. The minimum Gasteiger partial charge on any atom is -0.744 e. The summed E-state index contributed by atoms with van der Waals surface area (Å²) in [6, 6.07) is 0. The standard InChI is InChI=1S/C15H14I4O5S/c16-11-8(15(25(21,22)23)14(19)13(18)12(11)17)5-10(20)24-9-4-6-1-2-7(9)3-6/h6-7,9H,1-5H2,(H,21,22,23)/p-1. The first-order valence-electron chi connectivity index (χ1n) is 7.59. The van der Waals surface area contributed by atoms with Crippen molar-refractivity contribution >= 4 is 106 Å². The third-order valence-corrected chi connectivity index (χ3v) is 13.7. The van der Waals surface area contributed by atoms with E-state index in [1.165, 1.54) is 6.42 Å². The Balaban J connectivity index is 1.90. The number of esters is 1. The molecule has 3 unspecified atom stereocenters.